The van der Waals surface area contributed by atoms with Crippen LogP contribution in [-0.2, 0) is 0 Å². The SMILES string of the molecule is COc1ccc(-n2ccc3c(sc4nccc(NCCCCO)c43)c2=O)cc1. The van der Waals surface area contributed by atoms with E-state index in [0.29, 0.717) is 4.70 Å². The van der Waals surface area contributed by atoms with Crippen LogP contribution in [0.4, 0.5) is 5.69 Å². The third-order valence-electron chi connectivity index (χ3n) is 4.68. The number of anilines is 1. The lowest BCUT2D eigenvalue weighted by molar-refractivity contribution is 0.286. The predicted octanol–water partition coefficient (Wildman–Crippen LogP) is 3.79. The Bertz CT molecular complexity index is 1170. The zero-order valence-electron chi connectivity index (χ0n) is 15.5. The van der Waals surface area contributed by atoms with Gasteiger partial charge in [-0.2, -0.15) is 0 Å². The average molecular weight is 395 g/mol. The Labute approximate surface area is 166 Å². The summed E-state index contributed by atoms with van der Waals surface area (Å²) in [5.41, 5.74) is 1.70. The van der Waals surface area contributed by atoms with Gasteiger partial charge in [-0.15, -0.1) is 11.3 Å². The fraction of sp³-hybridized carbons (Fsp3) is 0.238. The second-order valence-electron chi connectivity index (χ2n) is 6.43. The number of ether oxygens (including phenoxy) is 1. The van der Waals surface area contributed by atoms with Crippen LogP contribution >= 0.6 is 11.3 Å². The van der Waals surface area contributed by atoms with Crippen LogP contribution in [0.3, 0.4) is 0 Å². The summed E-state index contributed by atoms with van der Waals surface area (Å²) in [6.45, 7) is 0.958. The highest BCUT2D eigenvalue weighted by Gasteiger charge is 2.14. The van der Waals surface area contributed by atoms with Gasteiger partial charge in [0, 0.05) is 47.7 Å². The number of hydrogen-bond donors (Lipinski definition) is 2. The Morgan fingerprint density at radius 2 is 2.00 bits per heavy atom. The third-order valence-corrected chi connectivity index (χ3v) is 5.78. The summed E-state index contributed by atoms with van der Waals surface area (Å²) in [6.07, 6.45) is 5.21. The van der Waals surface area contributed by atoms with E-state index in [1.165, 1.54) is 11.3 Å². The van der Waals surface area contributed by atoms with Gasteiger partial charge in [0.05, 0.1) is 7.11 Å². The monoisotopic (exact) mass is 395 g/mol. The van der Waals surface area contributed by atoms with Crippen molar-refractivity contribution in [3.8, 4) is 11.4 Å². The molecular weight excluding hydrogens is 374 g/mol. The number of aromatic nitrogens is 2. The summed E-state index contributed by atoms with van der Waals surface area (Å²) in [4.78, 5) is 18.4. The van der Waals surface area contributed by atoms with Crippen molar-refractivity contribution in [1.29, 1.82) is 0 Å². The van der Waals surface area contributed by atoms with Crippen LogP contribution in [0.1, 0.15) is 12.8 Å². The van der Waals surface area contributed by atoms with Crippen LogP contribution < -0.4 is 15.6 Å². The molecule has 0 atom stereocenters. The van der Waals surface area contributed by atoms with E-state index in [9.17, 15) is 4.79 Å². The highest BCUT2D eigenvalue weighted by atomic mass is 32.1. The number of benzene rings is 1. The molecule has 0 aliphatic carbocycles. The number of fused-ring (bicyclic) bond motifs is 3. The summed E-state index contributed by atoms with van der Waals surface area (Å²) >= 11 is 1.41. The van der Waals surface area contributed by atoms with Gasteiger partial charge in [-0.3, -0.25) is 9.36 Å². The average Bonchev–Trinajstić information content (AvgIpc) is 3.12. The summed E-state index contributed by atoms with van der Waals surface area (Å²) in [7, 11) is 1.62. The maximum atomic E-state index is 13.1. The molecule has 7 heteroatoms. The van der Waals surface area contributed by atoms with E-state index in [1.807, 2.05) is 36.4 Å². The van der Waals surface area contributed by atoms with Gasteiger partial charge < -0.3 is 15.2 Å². The van der Waals surface area contributed by atoms with Gasteiger partial charge in [0.25, 0.3) is 5.56 Å². The number of pyridine rings is 2. The number of nitrogens with one attached hydrogen (secondary N) is 1. The second-order valence-corrected chi connectivity index (χ2v) is 7.43. The molecule has 28 heavy (non-hydrogen) atoms. The van der Waals surface area contributed by atoms with E-state index in [4.69, 9.17) is 9.84 Å². The molecule has 2 N–H and O–H groups in total. The van der Waals surface area contributed by atoms with Crippen LogP contribution in [0, 0.1) is 0 Å². The van der Waals surface area contributed by atoms with Gasteiger partial charge in [0.1, 0.15) is 15.3 Å². The van der Waals surface area contributed by atoms with Crippen LogP contribution in [0.5, 0.6) is 5.75 Å². The van der Waals surface area contributed by atoms with E-state index in [-0.39, 0.29) is 12.2 Å². The van der Waals surface area contributed by atoms with Crippen molar-refractivity contribution in [2.24, 2.45) is 0 Å². The molecule has 0 aliphatic rings. The Hall–Kier alpha value is -2.90. The number of rotatable bonds is 7. The Kier molecular flexibility index (Phi) is 5.27. The van der Waals surface area contributed by atoms with E-state index in [1.54, 1.807) is 24.1 Å². The lowest BCUT2D eigenvalue weighted by Gasteiger charge is -2.08. The van der Waals surface area contributed by atoms with Crippen LogP contribution in [0.25, 0.3) is 26.0 Å². The highest BCUT2D eigenvalue weighted by Crippen LogP contribution is 2.35. The van der Waals surface area contributed by atoms with Gasteiger partial charge in [-0.1, -0.05) is 0 Å². The topological polar surface area (TPSA) is 76.4 Å². The summed E-state index contributed by atoms with van der Waals surface area (Å²) in [5, 5.41) is 14.2. The first-order valence-electron chi connectivity index (χ1n) is 9.15. The van der Waals surface area contributed by atoms with Crippen molar-refractivity contribution in [2.75, 3.05) is 25.6 Å². The molecule has 0 bridgehead atoms. The van der Waals surface area contributed by atoms with Crippen molar-refractivity contribution in [3.05, 3.63) is 59.1 Å². The highest BCUT2D eigenvalue weighted by molar-refractivity contribution is 7.25. The number of aliphatic hydroxyl groups excluding tert-OH is 1. The fourth-order valence-electron chi connectivity index (χ4n) is 3.24. The number of unbranched alkanes of at least 4 members (excludes halogenated alkanes) is 1. The smallest absolute Gasteiger partial charge is 0.273 e. The molecule has 0 saturated heterocycles. The van der Waals surface area contributed by atoms with E-state index >= 15 is 0 Å². The number of nitrogens with zero attached hydrogens (tertiary/aromatic N) is 2. The third kappa shape index (κ3) is 3.34. The molecule has 1 aromatic carbocycles. The van der Waals surface area contributed by atoms with E-state index in [0.717, 1.165) is 52.1 Å². The number of hydrogen-bond acceptors (Lipinski definition) is 6. The van der Waals surface area contributed by atoms with Gasteiger partial charge in [-0.25, -0.2) is 4.98 Å². The van der Waals surface area contributed by atoms with E-state index < -0.39 is 0 Å². The maximum Gasteiger partial charge on any atom is 0.273 e. The largest absolute Gasteiger partial charge is 0.497 e. The minimum absolute atomic E-state index is 0.0584. The molecule has 0 unspecified atom stereocenters. The van der Waals surface area contributed by atoms with Crippen molar-refractivity contribution < 1.29 is 9.84 Å². The molecule has 0 spiro atoms. The standard InChI is InChI=1S/C21H21N3O3S/c1-27-15-6-4-14(5-7-15)24-12-9-16-18-17(22-10-2-3-13-25)8-11-23-20(18)28-19(16)21(24)26/h4-9,11-12,25H,2-3,10,13H2,1H3,(H,22,23). The van der Waals surface area contributed by atoms with Crippen LogP contribution in [0.15, 0.2) is 53.6 Å². The lowest BCUT2D eigenvalue weighted by atomic mass is 10.2. The molecular formula is C21H21N3O3S. The molecule has 0 amide bonds. The molecule has 144 valence electrons. The first-order chi connectivity index (χ1) is 13.7. The van der Waals surface area contributed by atoms with Crippen molar-refractivity contribution >= 4 is 37.3 Å². The quantitative estimate of drug-likeness (QED) is 0.466. The number of methoxy groups -OCH3 is 1. The molecule has 4 rings (SSSR count). The normalized spacial score (nSPS) is 11.2. The second kappa shape index (κ2) is 8.00. The fourth-order valence-corrected chi connectivity index (χ4v) is 4.34. The first kappa shape index (κ1) is 18.5. The predicted molar refractivity (Wildman–Crippen MR) is 114 cm³/mol. The Morgan fingerprint density at radius 1 is 1.18 bits per heavy atom. The summed E-state index contributed by atoms with van der Waals surface area (Å²) < 4.78 is 7.52. The van der Waals surface area contributed by atoms with Crippen LogP contribution in [-0.4, -0.2) is 34.9 Å². The molecule has 4 aromatic rings. The Balaban J connectivity index is 1.78. The van der Waals surface area contributed by atoms with Crippen molar-refractivity contribution in [2.45, 2.75) is 12.8 Å². The molecule has 0 fully saturated rings. The first-order valence-corrected chi connectivity index (χ1v) is 9.96. The molecule has 3 heterocycles. The summed E-state index contributed by atoms with van der Waals surface area (Å²) in [6, 6.07) is 11.3. The maximum absolute atomic E-state index is 13.1. The van der Waals surface area contributed by atoms with Gasteiger partial charge in [0.2, 0.25) is 0 Å². The number of aliphatic hydroxyl groups is 1. The number of thiophene rings is 1. The molecule has 0 radical (unpaired) electrons. The van der Waals surface area contributed by atoms with Gasteiger partial charge in [-0.05, 0) is 49.2 Å². The van der Waals surface area contributed by atoms with Crippen molar-refractivity contribution in [1.82, 2.24) is 9.55 Å². The molecule has 0 saturated carbocycles. The molecule has 0 aliphatic heterocycles. The zero-order chi connectivity index (χ0) is 19.5. The van der Waals surface area contributed by atoms with Crippen molar-refractivity contribution in [3.63, 3.8) is 0 Å². The van der Waals surface area contributed by atoms with Gasteiger partial charge in [0.15, 0.2) is 0 Å². The molecule has 3 aromatic heterocycles. The molecule has 6 nitrogen and oxygen atoms in total. The van der Waals surface area contributed by atoms with Gasteiger partial charge >= 0.3 is 0 Å². The summed E-state index contributed by atoms with van der Waals surface area (Å²) in [5.74, 6) is 0.751. The minimum Gasteiger partial charge on any atom is -0.497 e. The van der Waals surface area contributed by atoms with Crippen LogP contribution in [0.2, 0.25) is 0 Å². The van der Waals surface area contributed by atoms with E-state index in [2.05, 4.69) is 10.3 Å². The lowest BCUT2D eigenvalue weighted by Crippen LogP contribution is -2.16. The minimum atomic E-state index is -0.0584. The Morgan fingerprint density at radius 3 is 2.75 bits per heavy atom. The zero-order valence-corrected chi connectivity index (χ0v) is 16.3.